The second-order valence-electron chi connectivity index (χ2n) is 5.54. The molecule has 20 heavy (non-hydrogen) atoms. The van der Waals surface area contributed by atoms with E-state index in [1.807, 2.05) is 17.9 Å². The van der Waals surface area contributed by atoms with Gasteiger partial charge in [0.15, 0.2) is 5.76 Å². The number of amides is 1. The molecule has 0 saturated carbocycles. The van der Waals surface area contributed by atoms with Gasteiger partial charge in [-0.15, -0.1) is 0 Å². The molecule has 0 bridgehead atoms. The Bertz CT molecular complexity index is 460. The molecule has 3 heterocycles. The molecule has 2 aliphatic rings. The van der Waals surface area contributed by atoms with Gasteiger partial charge in [-0.25, -0.2) is 0 Å². The van der Waals surface area contributed by atoms with E-state index in [2.05, 4.69) is 10.1 Å². The molecule has 3 rings (SSSR count). The number of carbonyl (C=O) groups is 1. The van der Waals surface area contributed by atoms with Crippen LogP contribution in [-0.4, -0.2) is 59.8 Å². The van der Waals surface area contributed by atoms with Crippen molar-refractivity contribution in [1.82, 2.24) is 15.0 Å². The average molecular weight is 279 g/mol. The van der Waals surface area contributed by atoms with Crippen LogP contribution in [0.15, 0.2) is 10.6 Å². The Balaban J connectivity index is 1.48. The molecule has 6 nitrogen and oxygen atoms in total. The van der Waals surface area contributed by atoms with Crippen LogP contribution in [-0.2, 0) is 16.1 Å². The van der Waals surface area contributed by atoms with Gasteiger partial charge in [0.05, 0.1) is 12.2 Å². The highest BCUT2D eigenvalue weighted by molar-refractivity contribution is 5.81. The fraction of sp³-hybridized carbons (Fsp3) is 0.714. The molecule has 0 aromatic carbocycles. The summed E-state index contributed by atoms with van der Waals surface area (Å²) < 4.78 is 10.7. The second kappa shape index (κ2) is 5.93. The third-order valence-corrected chi connectivity index (χ3v) is 3.95. The summed E-state index contributed by atoms with van der Waals surface area (Å²) in [5, 5.41) is 3.89. The number of piperazine rings is 1. The number of hydrogen-bond donors (Lipinski definition) is 0. The zero-order chi connectivity index (χ0) is 13.9. The van der Waals surface area contributed by atoms with Crippen LogP contribution in [0.1, 0.15) is 24.3 Å². The first-order valence-corrected chi connectivity index (χ1v) is 7.27. The topological polar surface area (TPSA) is 58.8 Å². The lowest BCUT2D eigenvalue weighted by Gasteiger charge is -2.35. The normalized spacial score (nSPS) is 24.2. The minimum Gasteiger partial charge on any atom is -0.368 e. The molecule has 1 amide bonds. The molecule has 0 spiro atoms. The van der Waals surface area contributed by atoms with Crippen LogP contribution < -0.4 is 0 Å². The van der Waals surface area contributed by atoms with E-state index in [-0.39, 0.29) is 12.0 Å². The van der Waals surface area contributed by atoms with Crippen LogP contribution in [0, 0.1) is 6.92 Å². The average Bonchev–Trinajstić information content (AvgIpc) is 3.11. The monoisotopic (exact) mass is 279 g/mol. The molecule has 1 aromatic heterocycles. The third kappa shape index (κ3) is 3.02. The lowest BCUT2D eigenvalue weighted by Crippen LogP contribution is -2.51. The molecule has 6 heteroatoms. The van der Waals surface area contributed by atoms with E-state index in [1.54, 1.807) is 0 Å². The molecule has 110 valence electrons. The number of aromatic nitrogens is 1. The van der Waals surface area contributed by atoms with Crippen LogP contribution in [0.4, 0.5) is 0 Å². The molecule has 0 unspecified atom stereocenters. The van der Waals surface area contributed by atoms with Crippen molar-refractivity contribution in [3.05, 3.63) is 17.5 Å². The Hall–Kier alpha value is -1.40. The largest absolute Gasteiger partial charge is 0.368 e. The first-order chi connectivity index (χ1) is 9.72. The second-order valence-corrected chi connectivity index (χ2v) is 5.54. The molecular formula is C14H21N3O3. The van der Waals surface area contributed by atoms with E-state index in [0.29, 0.717) is 0 Å². The van der Waals surface area contributed by atoms with E-state index in [4.69, 9.17) is 9.26 Å². The van der Waals surface area contributed by atoms with E-state index >= 15 is 0 Å². The van der Waals surface area contributed by atoms with Crippen molar-refractivity contribution in [2.24, 2.45) is 0 Å². The van der Waals surface area contributed by atoms with Gasteiger partial charge in [-0.1, -0.05) is 5.16 Å². The lowest BCUT2D eigenvalue weighted by molar-refractivity contribution is -0.142. The van der Waals surface area contributed by atoms with Crippen molar-refractivity contribution in [2.45, 2.75) is 32.4 Å². The minimum absolute atomic E-state index is 0.164. The van der Waals surface area contributed by atoms with Gasteiger partial charge in [-0.3, -0.25) is 9.69 Å². The van der Waals surface area contributed by atoms with Gasteiger partial charge in [0.2, 0.25) is 0 Å². The Morgan fingerprint density at radius 3 is 2.80 bits per heavy atom. The number of rotatable bonds is 3. The summed E-state index contributed by atoms with van der Waals surface area (Å²) in [6.45, 7) is 6.70. The highest BCUT2D eigenvalue weighted by Gasteiger charge is 2.30. The van der Waals surface area contributed by atoms with E-state index in [0.717, 1.165) is 63.6 Å². The van der Waals surface area contributed by atoms with E-state index in [9.17, 15) is 4.79 Å². The Labute approximate surface area is 118 Å². The quantitative estimate of drug-likeness (QED) is 0.819. The molecular weight excluding hydrogens is 258 g/mol. The zero-order valence-electron chi connectivity index (χ0n) is 11.9. The first kappa shape index (κ1) is 13.6. The third-order valence-electron chi connectivity index (χ3n) is 3.95. The predicted molar refractivity (Wildman–Crippen MR) is 72.1 cm³/mol. The summed E-state index contributed by atoms with van der Waals surface area (Å²) in [5.74, 6) is 1.05. The van der Waals surface area contributed by atoms with Crippen LogP contribution >= 0.6 is 0 Å². The molecule has 1 aromatic rings. The molecule has 0 aliphatic carbocycles. The molecule has 0 N–H and O–H groups in total. The van der Waals surface area contributed by atoms with Crippen molar-refractivity contribution < 1.29 is 14.1 Å². The number of nitrogens with zero attached hydrogens (tertiary/aromatic N) is 3. The zero-order valence-corrected chi connectivity index (χ0v) is 11.9. The summed E-state index contributed by atoms with van der Waals surface area (Å²) in [5.41, 5.74) is 0.909. The Morgan fingerprint density at radius 1 is 1.40 bits per heavy atom. The molecule has 2 saturated heterocycles. The maximum Gasteiger partial charge on any atom is 0.251 e. The summed E-state index contributed by atoms with van der Waals surface area (Å²) in [4.78, 5) is 16.4. The van der Waals surface area contributed by atoms with Crippen LogP contribution in [0.2, 0.25) is 0 Å². The molecule has 2 aliphatic heterocycles. The number of ether oxygens (including phenoxy) is 1. The lowest BCUT2D eigenvalue weighted by atomic mass is 10.2. The summed E-state index contributed by atoms with van der Waals surface area (Å²) in [6.07, 6.45) is 1.68. The van der Waals surface area contributed by atoms with Crippen molar-refractivity contribution in [1.29, 1.82) is 0 Å². The van der Waals surface area contributed by atoms with Crippen LogP contribution in [0.25, 0.3) is 0 Å². The summed E-state index contributed by atoms with van der Waals surface area (Å²) >= 11 is 0. The minimum atomic E-state index is -0.196. The van der Waals surface area contributed by atoms with Gasteiger partial charge in [-0.05, 0) is 19.8 Å². The first-order valence-electron chi connectivity index (χ1n) is 7.27. The van der Waals surface area contributed by atoms with Gasteiger partial charge < -0.3 is 14.2 Å². The van der Waals surface area contributed by atoms with Gasteiger partial charge in [0, 0.05) is 38.9 Å². The maximum absolute atomic E-state index is 12.2. The highest BCUT2D eigenvalue weighted by atomic mass is 16.5. The fourth-order valence-electron chi connectivity index (χ4n) is 2.81. The number of hydrogen-bond acceptors (Lipinski definition) is 5. The number of carbonyl (C=O) groups excluding carboxylic acids is 1. The SMILES string of the molecule is Cc1cc(CN2CCN(C(=O)[C@@H]3CCCO3)CC2)on1. The van der Waals surface area contributed by atoms with E-state index < -0.39 is 0 Å². The smallest absolute Gasteiger partial charge is 0.251 e. The van der Waals surface area contributed by atoms with Gasteiger partial charge >= 0.3 is 0 Å². The van der Waals surface area contributed by atoms with Gasteiger partial charge in [0.25, 0.3) is 5.91 Å². The van der Waals surface area contributed by atoms with Crippen LogP contribution in [0.3, 0.4) is 0 Å². The summed E-state index contributed by atoms with van der Waals surface area (Å²) in [6, 6.07) is 1.96. The predicted octanol–water partition coefficient (Wildman–Crippen LogP) is 0.806. The Morgan fingerprint density at radius 2 is 2.20 bits per heavy atom. The Kier molecular flexibility index (Phi) is 4.03. The standard InChI is InChI=1S/C14H21N3O3/c1-11-9-12(20-15-11)10-16-4-6-17(7-5-16)14(18)13-3-2-8-19-13/h9,13H,2-8,10H2,1H3/t13-/m0/s1. The van der Waals surface area contributed by atoms with Gasteiger partial charge in [0.1, 0.15) is 6.10 Å². The highest BCUT2D eigenvalue weighted by Crippen LogP contribution is 2.16. The van der Waals surface area contributed by atoms with E-state index in [1.165, 1.54) is 0 Å². The molecule has 0 radical (unpaired) electrons. The molecule has 2 fully saturated rings. The van der Waals surface area contributed by atoms with Crippen molar-refractivity contribution in [2.75, 3.05) is 32.8 Å². The molecule has 1 atom stereocenters. The summed E-state index contributed by atoms with van der Waals surface area (Å²) in [7, 11) is 0. The fourth-order valence-corrected chi connectivity index (χ4v) is 2.81. The van der Waals surface area contributed by atoms with Crippen LogP contribution in [0.5, 0.6) is 0 Å². The maximum atomic E-state index is 12.2. The number of aryl methyl sites for hydroxylation is 1. The van der Waals surface area contributed by atoms with Crippen molar-refractivity contribution in [3.8, 4) is 0 Å². The van der Waals surface area contributed by atoms with Crippen molar-refractivity contribution >= 4 is 5.91 Å². The van der Waals surface area contributed by atoms with Crippen molar-refractivity contribution in [3.63, 3.8) is 0 Å². The van der Waals surface area contributed by atoms with Gasteiger partial charge in [-0.2, -0.15) is 0 Å².